The van der Waals surface area contributed by atoms with E-state index in [2.05, 4.69) is 43.6 Å². The molecule has 5 rings (SSSR count). The highest BCUT2D eigenvalue weighted by Gasteiger charge is 2.46. The monoisotopic (exact) mass is 574 g/mol. The van der Waals surface area contributed by atoms with Gasteiger partial charge in [-0.25, -0.2) is 0 Å². The van der Waals surface area contributed by atoms with Crippen LogP contribution in [0.2, 0.25) is 0 Å². The maximum atomic E-state index is 13.6. The first-order valence-corrected chi connectivity index (χ1v) is 13.9. The number of benzene rings is 3. The van der Waals surface area contributed by atoms with Crippen molar-refractivity contribution in [3.8, 4) is 10.6 Å². The van der Waals surface area contributed by atoms with Crippen molar-refractivity contribution in [3.05, 3.63) is 101 Å². The predicted molar refractivity (Wildman–Crippen MR) is 150 cm³/mol. The molecule has 1 N–H and O–H groups in total. The Morgan fingerprint density at radius 3 is 2.49 bits per heavy atom. The molecule has 188 valence electrons. The molecule has 3 aromatic carbocycles. The summed E-state index contributed by atoms with van der Waals surface area (Å²) in [4.78, 5) is 28.3. The zero-order valence-corrected chi connectivity index (χ0v) is 22.8. The normalized spacial score (nSPS) is 17.1. The Balaban J connectivity index is 1.25. The Labute approximate surface area is 228 Å². The number of hydrogen-bond donors (Lipinski definition) is 1. The zero-order valence-electron chi connectivity index (χ0n) is 20.4. The number of carbonyl (C=O) groups is 2. The van der Waals surface area contributed by atoms with E-state index in [9.17, 15) is 9.59 Å². The molecule has 1 aromatic heterocycles. The van der Waals surface area contributed by atoms with Crippen molar-refractivity contribution in [2.24, 2.45) is 5.92 Å². The quantitative estimate of drug-likeness (QED) is 0.241. The summed E-state index contributed by atoms with van der Waals surface area (Å²) in [5.74, 6) is 0.106. The highest BCUT2D eigenvalue weighted by atomic mass is 79.9. The predicted octanol–water partition coefficient (Wildman–Crippen LogP) is 6.69. The Hall–Kier alpha value is -3.36. The van der Waals surface area contributed by atoms with Crippen LogP contribution in [0.1, 0.15) is 42.9 Å². The number of halogens is 1. The molecule has 3 unspecified atom stereocenters. The van der Waals surface area contributed by atoms with Gasteiger partial charge in [0.2, 0.25) is 16.9 Å². The van der Waals surface area contributed by atoms with Gasteiger partial charge >= 0.3 is 0 Å². The molecule has 2 amide bonds. The number of amides is 2. The van der Waals surface area contributed by atoms with Crippen molar-refractivity contribution < 1.29 is 9.59 Å². The first-order chi connectivity index (χ1) is 18.0. The molecule has 37 heavy (non-hydrogen) atoms. The molecule has 4 aromatic rings. The summed E-state index contributed by atoms with van der Waals surface area (Å²) in [7, 11) is 0. The largest absolute Gasteiger partial charge is 0.335 e. The van der Waals surface area contributed by atoms with Crippen molar-refractivity contribution >= 4 is 44.2 Å². The van der Waals surface area contributed by atoms with Gasteiger partial charge in [0.15, 0.2) is 0 Å². The third kappa shape index (κ3) is 6.14. The van der Waals surface area contributed by atoms with Gasteiger partial charge in [0.1, 0.15) is 5.01 Å². The topological polar surface area (TPSA) is 75.2 Å². The van der Waals surface area contributed by atoms with Gasteiger partial charge in [0.25, 0.3) is 0 Å². The Morgan fingerprint density at radius 1 is 1.03 bits per heavy atom. The fourth-order valence-corrected chi connectivity index (χ4v) is 5.73. The van der Waals surface area contributed by atoms with Crippen molar-refractivity contribution in [1.29, 1.82) is 0 Å². The van der Waals surface area contributed by atoms with Crippen LogP contribution in [0.3, 0.4) is 0 Å². The fourth-order valence-electron chi connectivity index (χ4n) is 4.57. The van der Waals surface area contributed by atoms with Crippen LogP contribution in [0.5, 0.6) is 0 Å². The van der Waals surface area contributed by atoms with E-state index in [0.29, 0.717) is 11.7 Å². The lowest BCUT2D eigenvalue weighted by atomic mass is 10.0. The van der Waals surface area contributed by atoms with Crippen molar-refractivity contribution in [3.63, 3.8) is 0 Å². The van der Waals surface area contributed by atoms with E-state index in [0.717, 1.165) is 27.0 Å². The summed E-state index contributed by atoms with van der Waals surface area (Å²) in [6.45, 7) is 2.36. The average molecular weight is 576 g/mol. The van der Waals surface area contributed by atoms with Crippen LogP contribution in [-0.4, -0.2) is 33.5 Å². The summed E-state index contributed by atoms with van der Waals surface area (Å²) in [6.07, 6.45) is 1.02. The van der Waals surface area contributed by atoms with Gasteiger partial charge < -0.3 is 10.2 Å². The molecule has 6 nitrogen and oxygen atoms in total. The molecule has 1 aliphatic rings. The van der Waals surface area contributed by atoms with Crippen LogP contribution in [0.4, 0.5) is 5.13 Å². The number of nitrogens with one attached hydrogen (secondary N) is 1. The van der Waals surface area contributed by atoms with Crippen molar-refractivity contribution in [1.82, 2.24) is 15.1 Å². The molecule has 0 bridgehead atoms. The molecular formula is C29H27BrN4O2S. The highest BCUT2D eigenvalue weighted by molar-refractivity contribution is 9.10. The minimum absolute atomic E-state index is 0.0486. The Bertz CT molecular complexity index is 1380. The zero-order chi connectivity index (χ0) is 25.8. The van der Waals surface area contributed by atoms with Crippen LogP contribution >= 0.6 is 27.3 Å². The first kappa shape index (κ1) is 25.3. The second kappa shape index (κ2) is 11.4. The number of rotatable bonds is 9. The lowest BCUT2D eigenvalue weighted by Gasteiger charge is -2.30. The van der Waals surface area contributed by atoms with Crippen LogP contribution in [-0.2, 0) is 9.59 Å². The standard InChI is InChI=1S/C29H27BrN4O2S/c1-19(20-9-4-2-5-10-20)34(28(36)25-18-24(25)21-11-6-3-7-12-21)16-15-26(35)31-29-33-32-27(37-29)22-13-8-14-23(30)17-22/h2-14,17,19,24-25H,15-16,18H2,1H3,(H,31,33,35). The van der Waals surface area contributed by atoms with Gasteiger partial charge in [0, 0.05) is 28.9 Å². The van der Waals surface area contributed by atoms with Gasteiger partial charge in [-0.1, -0.05) is 100 Å². The maximum Gasteiger partial charge on any atom is 0.227 e. The third-order valence-electron chi connectivity index (χ3n) is 6.69. The lowest BCUT2D eigenvalue weighted by Crippen LogP contribution is -2.37. The van der Waals surface area contributed by atoms with E-state index in [4.69, 9.17) is 0 Å². The molecular weight excluding hydrogens is 548 g/mol. The summed E-state index contributed by atoms with van der Waals surface area (Å²) in [5, 5.41) is 12.4. The smallest absolute Gasteiger partial charge is 0.227 e. The third-order valence-corrected chi connectivity index (χ3v) is 8.07. The van der Waals surface area contributed by atoms with E-state index in [-0.39, 0.29) is 36.1 Å². The second-order valence-corrected chi connectivity index (χ2v) is 11.1. The van der Waals surface area contributed by atoms with E-state index >= 15 is 0 Å². The van der Waals surface area contributed by atoms with E-state index in [1.54, 1.807) is 0 Å². The first-order valence-electron chi connectivity index (χ1n) is 12.3. The van der Waals surface area contributed by atoms with Gasteiger partial charge in [-0.2, -0.15) is 0 Å². The van der Waals surface area contributed by atoms with Crippen molar-refractivity contribution in [2.45, 2.75) is 31.7 Å². The molecule has 1 saturated carbocycles. The highest BCUT2D eigenvalue weighted by Crippen LogP contribution is 2.49. The molecule has 0 spiro atoms. The fraction of sp³-hybridized carbons (Fsp3) is 0.241. The molecule has 0 radical (unpaired) electrons. The molecule has 0 saturated heterocycles. The summed E-state index contributed by atoms with van der Waals surface area (Å²) < 4.78 is 0.952. The lowest BCUT2D eigenvalue weighted by molar-refractivity contribution is -0.135. The van der Waals surface area contributed by atoms with E-state index in [1.807, 2.05) is 84.6 Å². The SMILES string of the molecule is CC(c1ccccc1)N(CCC(=O)Nc1nnc(-c2cccc(Br)c2)s1)C(=O)C1CC1c1ccccc1. The molecule has 1 heterocycles. The molecule has 8 heteroatoms. The second-order valence-electron chi connectivity index (χ2n) is 9.20. The molecule has 1 aliphatic carbocycles. The number of hydrogen-bond acceptors (Lipinski definition) is 5. The Kier molecular flexibility index (Phi) is 7.76. The number of aromatic nitrogens is 2. The van der Waals surface area contributed by atoms with Crippen LogP contribution in [0.25, 0.3) is 10.6 Å². The van der Waals surface area contributed by atoms with Gasteiger partial charge in [-0.05, 0) is 42.5 Å². The molecule has 1 fully saturated rings. The minimum Gasteiger partial charge on any atom is -0.335 e. The molecule has 3 atom stereocenters. The van der Waals surface area contributed by atoms with Crippen molar-refractivity contribution in [2.75, 3.05) is 11.9 Å². The van der Waals surface area contributed by atoms with Crippen LogP contribution in [0, 0.1) is 5.92 Å². The summed E-state index contributed by atoms with van der Waals surface area (Å²) >= 11 is 4.79. The average Bonchev–Trinajstić information content (AvgIpc) is 3.60. The van der Waals surface area contributed by atoms with Gasteiger partial charge in [-0.15, -0.1) is 10.2 Å². The maximum absolute atomic E-state index is 13.6. The minimum atomic E-state index is -0.189. The number of carbonyl (C=O) groups excluding carboxylic acids is 2. The number of nitrogens with zero attached hydrogens (tertiary/aromatic N) is 3. The van der Waals surface area contributed by atoms with Crippen LogP contribution < -0.4 is 5.32 Å². The van der Waals surface area contributed by atoms with E-state index < -0.39 is 0 Å². The Morgan fingerprint density at radius 2 is 1.76 bits per heavy atom. The molecule has 0 aliphatic heterocycles. The van der Waals surface area contributed by atoms with Gasteiger partial charge in [-0.3, -0.25) is 9.59 Å². The van der Waals surface area contributed by atoms with Gasteiger partial charge in [0.05, 0.1) is 6.04 Å². The number of anilines is 1. The van der Waals surface area contributed by atoms with E-state index in [1.165, 1.54) is 16.9 Å². The van der Waals surface area contributed by atoms with Crippen LogP contribution in [0.15, 0.2) is 89.4 Å². The summed E-state index contributed by atoms with van der Waals surface area (Å²) in [6, 6.07) is 27.8. The summed E-state index contributed by atoms with van der Waals surface area (Å²) in [5.41, 5.74) is 3.18.